The predicted molar refractivity (Wildman–Crippen MR) is 143 cm³/mol. The first-order valence-electron chi connectivity index (χ1n) is 12.3. The average molecular weight is 546 g/mol. The Kier molecular flexibility index (Phi) is 8.39. The highest BCUT2D eigenvalue weighted by Gasteiger charge is 2.32. The molecule has 1 aliphatic rings. The predicted octanol–water partition coefficient (Wildman–Crippen LogP) is 4.84. The van der Waals surface area contributed by atoms with E-state index in [0.29, 0.717) is 35.3 Å². The number of hydrogen-bond acceptors (Lipinski definition) is 10. The Balaban J connectivity index is 1.56. The summed E-state index contributed by atoms with van der Waals surface area (Å²) in [6, 6.07) is 17.9. The third kappa shape index (κ3) is 6.07. The number of nitrogens with two attached hydrogens (primary N) is 1. The van der Waals surface area contributed by atoms with Gasteiger partial charge in [0.1, 0.15) is 23.1 Å². The van der Waals surface area contributed by atoms with Crippen LogP contribution in [-0.4, -0.2) is 31.2 Å². The second-order valence-electron chi connectivity index (χ2n) is 9.23. The second-order valence-corrected chi connectivity index (χ2v) is 9.23. The normalized spacial score (nSPS) is 14.0. The molecule has 0 saturated heterocycles. The highest BCUT2D eigenvalue weighted by Crippen LogP contribution is 2.45. The van der Waals surface area contributed by atoms with Crippen LogP contribution in [0.2, 0.25) is 0 Å². The molecule has 0 radical (unpaired) electrons. The van der Waals surface area contributed by atoms with Crippen molar-refractivity contribution in [2.75, 3.05) is 20.3 Å². The summed E-state index contributed by atoms with van der Waals surface area (Å²) in [6.45, 7) is 4.04. The molecule has 1 heterocycles. The second kappa shape index (κ2) is 12.1. The molecule has 0 bridgehead atoms. The first kappa shape index (κ1) is 27.8. The SMILES string of the molecule is COc1cc(C2C(C#N)=C(N)Oc3cc(OC(=O)COc4ccccc4[N+](=O)[O-])ccc32)ccc1OCC(C)C. The number of nitriles is 1. The number of para-hydroxylation sites is 2. The molecule has 3 aromatic carbocycles. The van der Waals surface area contributed by atoms with Gasteiger partial charge in [-0.3, -0.25) is 10.1 Å². The van der Waals surface area contributed by atoms with Crippen molar-refractivity contribution >= 4 is 11.7 Å². The topological polar surface area (TPSA) is 156 Å². The minimum atomic E-state index is -0.784. The van der Waals surface area contributed by atoms with Gasteiger partial charge in [0, 0.05) is 17.7 Å². The highest BCUT2D eigenvalue weighted by atomic mass is 16.6. The number of allylic oxidation sites excluding steroid dienone is 1. The zero-order valence-electron chi connectivity index (χ0n) is 22.1. The third-order valence-electron chi connectivity index (χ3n) is 5.92. The number of carbonyl (C=O) groups excluding carboxylic acids is 1. The lowest BCUT2D eigenvalue weighted by Gasteiger charge is -2.27. The summed E-state index contributed by atoms with van der Waals surface area (Å²) in [4.78, 5) is 23.0. The minimum Gasteiger partial charge on any atom is -0.493 e. The van der Waals surface area contributed by atoms with Crippen molar-refractivity contribution in [2.45, 2.75) is 19.8 Å². The molecular formula is C29H27N3O8. The van der Waals surface area contributed by atoms with E-state index < -0.39 is 23.4 Å². The van der Waals surface area contributed by atoms with E-state index in [1.165, 1.54) is 31.4 Å². The number of nitro groups is 1. The Morgan fingerprint density at radius 2 is 1.88 bits per heavy atom. The van der Waals surface area contributed by atoms with Crippen LogP contribution in [0.1, 0.15) is 30.9 Å². The van der Waals surface area contributed by atoms with Crippen LogP contribution in [0.3, 0.4) is 0 Å². The number of carbonyl (C=O) groups is 1. The van der Waals surface area contributed by atoms with Gasteiger partial charge in [-0.25, -0.2) is 4.79 Å². The van der Waals surface area contributed by atoms with Crippen LogP contribution < -0.4 is 29.4 Å². The van der Waals surface area contributed by atoms with Gasteiger partial charge in [0.25, 0.3) is 0 Å². The first-order chi connectivity index (χ1) is 19.2. The molecule has 40 heavy (non-hydrogen) atoms. The summed E-state index contributed by atoms with van der Waals surface area (Å²) >= 11 is 0. The van der Waals surface area contributed by atoms with Gasteiger partial charge in [-0.15, -0.1) is 0 Å². The van der Waals surface area contributed by atoms with Crippen molar-refractivity contribution in [1.82, 2.24) is 0 Å². The van der Waals surface area contributed by atoms with Crippen molar-refractivity contribution in [3.05, 3.63) is 93.4 Å². The number of hydrogen-bond donors (Lipinski definition) is 1. The Morgan fingerprint density at radius 1 is 1.10 bits per heavy atom. The molecule has 206 valence electrons. The molecule has 1 aliphatic heterocycles. The van der Waals surface area contributed by atoms with Crippen molar-refractivity contribution in [2.24, 2.45) is 11.7 Å². The number of methoxy groups -OCH3 is 1. The molecule has 3 aromatic rings. The van der Waals surface area contributed by atoms with Gasteiger partial charge in [-0.05, 0) is 35.7 Å². The van der Waals surface area contributed by atoms with E-state index in [4.69, 9.17) is 29.4 Å². The number of rotatable bonds is 10. The third-order valence-corrected chi connectivity index (χ3v) is 5.92. The number of fused-ring (bicyclic) bond motifs is 1. The van der Waals surface area contributed by atoms with E-state index >= 15 is 0 Å². The minimum absolute atomic E-state index is 0.0564. The van der Waals surface area contributed by atoms with Crippen LogP contribution in [0.15, 0.2) is 72.1 Å². The Hall–Kier alpha value is -5.24. The van der Waals surface area contributed by atoms with E-state index in [2.05, 4.69) is 6.07 Å². The van der Waals surface area contributed by atoms with Gasteiger partial charge in [-0.1, -0.05) is 38.1 Å². The van der Waals surface area contributed by atoms with E-state index in [1.54, 1.807) is 30.3 Å². The van der Waals surface area contributed by atoms with Gasteiger partial charge < -0.3 is 29.4 Å². The zero-order valence-corrected chi connectivity index (χ0v) is 22.1. The summed E-state index contributed by atoms with van der Waals surface area (Å²) in [5.74, 6) is 0.344. The Labute approximate surface area is 230 Å². The van der Waals surface area contributed by atoms with Crippen LogP contribution in [0.4, 0.5) is 5.69 Å². The smallest absolute Gasteiger partial charge is 0.349 e. The van der Waals surface area contributed by atoms with Crippen LogP contribution in [0.25, 0.3) is 0 Å². The van der Waals surface area contributed by atoms with E-state index in [9.17, 15) is 20.2 Å². The molecule has 0 aliphatic carbocycles. The van der Waals surface area contributed by atoms with Crippen molar-refractivity contribution in [1.29, 1.82) is 5.26 Å². The number of nitrogens with zero attached hydrogens (tertiary/aromatic N) is 2. The average Bonchev–Trinajstić information content (AvgIpc) is 2.94. The van der Waals surface area contributed by atoms with Gasteiger partial charge in [0.2, 0.25) is 5.88 Å². The largest absolute Gasteiger partial charge is 0.493 e. The summed E-state index contributed by atoms with van der Waals surface area (Å²) in [6.07, 6.45) is 0. The number of benzene rings is 3. The molecule has 0 spiro atoms. The molecule has 2 N–H and O–H groups in total. The summed E-state index contributed by atoms with van der Waals surface area (Å²) in [5.41, 5.74) is 7.41. The van der Waals surface area contributed by atoms with Gasteiger partial charge in [0.15, 0.2) is 23.9 Å². The van der Waals surface area contributed by atoms with Gasteiger partial charge in [-0.2, -0.15) is 5.26 Å². The summed E-state index contributed by atoms with van der Waals surface area (Å²) in [5, 5.41) is 21.0. The van der Waals surface area contributed by atoms with Crippen molar-refractivity contribution in [3.8, 4) is 34.8 Å². The maximum absolute atomic E-state index is 12.4. The highest BCUT2D eigenvalue weighted by molar-refractivity contribution is 5.74. The molecule has 0 fully saturated rings. The lowest BCUT2D eigenvalue weighted by atomic mass is 9.83. The Morgan fingerprint density at radius 3 is 2.58 bits per heavy atom. The molecule has 11 heteroatoms. The summed E-state index contributed by atoms with van der Waals surface area (Å²) in [7, 11) is 1.54. The molecule has 4 rings (SSSR count). The molecule has 1 atom stereocenters. The number of ether oxygens (including phenoxy) is 5. The van der Waals surface area contributed by atoms with E-state index in [-0.39, 0.29) is 28.6 Å². The van der Waals surface area contributed by atoms with Gasteiger partial charge >= 0.3 is 11.7 Å². The molecule has 11 nitrogen and oxygen atoms in total. The van der Waals surface area contributed by atoms with Crippen molar-refractivity contribution in [3.63, 3.8) is 0 Å². The monoisotopic (exact) mass is 545 g/mol. The zero-order chi connectivity index (χ0) is 28.8. The number of nitro benzene ring substituents is 1. The molecular weight excluding hydrogens is 518 g/mol. The Bertz CT molecular complexity index is 1510. The number of esters is 1. The lowest BCUT2D eigenvalue weighted by Crippen LogP contribution is -2.22. The van der Waals surface area contributed by atoms with Gasteiger partial charge in [0.05, 0.1) is 24.6 Å². The van der Waals surface area contributed by atoms with E-state index in [1.807, 2.05) is 19.9 Å². The van der Waals surface area contributed by atoms with Crippen LogP contribution in [-0.2, 0) is 4.79 Å². The quantitative estimate of drug-likeness (QED) is 0.162. The molecule has 1 unspecified atom stereocenters. The van der Waals surface area contributed by atoms with E-state index in [0.717, 1.165) is 5.56 Å². The fourth-order valence-corrected chi connectivity index (χ4v) is 4.11. The molecule has 0 saturated carbocycles. The maximum Gasteiger partial charge on any atom is 0.349 e. The molecule has 0 amide bonds. The molecule has 0 aromatic heterocycles. The maximum atomic E-state index is 12.4. The fraction of sp³-hybridized carbons (Fsp3) is 0.241. The fourth-order valence-electron chi connectivity index (χ4n) is 4.11. The standard InChI is InChI=1S/C29H27N3O8/c1-17(2)15-37-24-11-8-18(12-26(24)36-3)28-20-10-9-19(13-25(20)40-29(31)21(28)14-30)39-27(33)16-38-23-7-5-4-6-22(23)32(34)35/h4-13,17,28H,15-16,31H2,1-3H3. The summed E-state index contributed by atoms with van der Waals surface area (Å²) < 4.78 is 27.7. The van der Waals surface area contributed by atoms with Crippen LogP contribution in [0, 0.1) is 27.4 Å². The lowest BCUT2D eigenvalue weighted by molar-refractivity contribution is -0.385. The van der Waals surface area contributed by atoms with Crippen LogP contribution in [0.5, 0.6) is 28.7 Å². The first-order valence-corrected chi connectivity index (χ1v) is 12.3. The van der Waals surface area contributed by atoms with Crippen LogP contribution >= 0.6 is 0 Å². The van der Waals surface area contributed by atoms with Crippen molar-refractivity contribution < 1.29 is 33.4 Å².